The van der Waals surface area contributed by atoms with Crippen molar-refractivity contribution in [3.63, 3.8) is 0 Å². The summed E-state index contributed by atoms with van der Waals surface area (Å²) in [5, 5.41) is 3.54. The SMILES string of the molecule is CCC1=CC(C)(NCOC)C(S)C=C1. The monoisotopic (exact) mass is 213 g/mol. The van der Waals surface area contributed by atoms with Gasteiger partial charge in [0.2, 0.25) is 0 Å². The van der Waals surface area contributed by atoms with Gasteiger partial charge >= 0.3 is 0 Å². The van der Waals surface area contributed by atoms with Crippen molar-refractivity contribution in [2.75, 3.05) is 13.8 Å². The maximum absolute atomic E-state index is 5.03. The van der Waals surface area contributed by atoms with Crippen molar-refractivity contribution in [3.05, 3.63) is 23.8 Å². The second kappa shape index (κ2) is 5.01. The molecule has 0 radical (unpaired) electrons. The summed E-state index contributed by atoms with van der Waals surface area (Å²) < 4.78 is 5.03. The van der Waals surface area contributed by atoms with Crippen LogP contribution in [0.4, 0.5) is 0 Å². The zero-order valence-corrected chi connectivity index (χ0v) is 9.97. The zero-order valence-electron chi connectivity index (χ0n) is 9.08. The van der Waals surface area contributed by atoms with Crippen molar-refractivity contribution < 1.29 is 4.74 Å². The average Bonchev–Trinajstić information content (AvgIpc) is 2.19. The number of allylic oxidation sites excluding steroid dienone is 2. The predicted molar refractivity (Wildman–Crippen MR) is 63.7 cm³/mol. The third-order valence-corrected chi connectivity index (χ3v) is 3.31. The minimum atomic E-state index is -0.0980. The summed E-state index contributed by atoms with van der Waals surface area (Å²) >= 11 is 4.54. The molecule has 0 aromatic rings. The van der Waals surface area contributed by atoms with Crippen LogP contribution in [0.1, 0.15) is 20.3 Å². The quantitative estimate of drug-likeness (QED) is 0.551. The van der Waals surface area contributed by atoms with Gasteiger partial charge in [-0.1, -0.05) is 30.7 Å². The van der Waals surface area contributed by atoms with E-state index in [1.54, 1.807) is 7.11 Å². The van der Waals surface area contributed by atoms with E-state index in [-0.39, 0.29) is 10.8 Å². The fourth-order valence-corrected chi connectivity index (χ4v) is 1.79. The van der Waals surface area contributed by atoms with Crippen molar-refractivity contribution in [1.82, 2.24) is 5.32 Å². The molecule has 1 aliphatic carbocycles. The highest BCUT2D eigenvalue weighted by molar-refractivity contribution is 7.81. The van der Waals surface area contributed by atoms with Gasteiger partial charge in [-0.3, -0.25) is 5.32 Å². The van der Waals surface area contributed by atoms with E-state index >= 15 is 0 Å². The predicted octanol–water partition coefficient (Wildman–Crippen LogP) is 2.14. The number of thiol groups is 1. The molecule has 3 heteroatoms. The summed E-state index contributed by atoms with van der Waals surface area (Å²) in [7, 11) is 1.69. The lowest BCUT2D eigenvalue weighted by Crippen LogP contribution is -2.49. The zero-order chi connectivity index (χ0) is 10.6. The van der Waals surface area contributed by atoms with Crippen LogP contribution in [-0.2, 0) is 4.74 Å². The first-order valence-electron chi connectivity index (χ1n) is 4.94. The Hall–Kier alpha value is -0.250. The Morgan fingerprint density at radius 2 is 2.36 bits per heavy atom. The third-order valence-electron chi connectivity index (χ3n) is 2.60. The smallest absolute Gasteiger partial charge is 0.0968 e. The molecule has 1 rings (SSSR count). The number of ether oxygens (including phenoxy) is 1. The first-order valence-corrected chi connectivity index (χ1v) is 5.46. The van der Waals surface area contributed by atoms with E-state index in [0.717, 1.165) is 6.42 Å². The summed E-state index contributed by atoms with van der Waals surface area (Å²) in [6.45, 7) is 4.85. The van der Waals surface area contributed by atoms with Gasteiger partial charge in [0.15, 0.2) is 0 Å². The number of rotatable bonds is 4. The van der Waals surface area contributed by atoms with Crippen LogP contribution in [0, 0.1) is 0 Å². The molecule has 0 aliphatic heterocycles. The lowest BCUT2D eigenvalue weighted by Gasteiger charge is -2.34. The normalized spacial score (nSPS) is 31.7. The topological polar surface area (TPSA) is 21.3 Å². The van der Waals surface area contributed by atoms with Gasteiger partial charge in [0.05, 0.1) is 12.3 Å². The van der Waals surface area contributed by atoms with Gasteiger partial charge in [0.1, 0.15) is 0 Å². The summed E-state index contributed by atoms with van der Waals surface area (Å²) in [6.07, 6.45) is 7.57. The van der Waals surface area contributed by atoms with Crippen molar-refractivity contribution in [2.45, 2.75) is 31.1 Å². The first-order chi connectivity index (χ1) is 6.62. The Balaban J connectivity index is 2.74. The summed E-state index contributed by atoms with van der Waals surface area (Å²) in [6, 6.07) is 0. The van der Waals surface area contributed by atoms with Crippen LogP contribution < -0.4 is 5.32 Å². The number of methoxy groups -OCH3 is 1. The van der Waals surface area contributed by atoms with E-state index < -0.39 is 0 Å². The molecule has 0 saturated heterocycles. The van der Waals surface area contributed by atoms with E-state index in [0.29, 0.717) is 6.73 Å². The Kier molecular flexibility index (Phi) is 4.23. The number of hydrogen-bond donors (Lipinski definition) is 2. The van der Waals surface area contributed by atoms with Gasteiger partial charge in [-0.05, 0) is 13.3 Å². The molecule has 0 saturated carbocycles. The molecule has 14 heavy (non-hydrogen) atoms. The molecule has 0 aromatic heterocycles. The molecule has 0 amide bonds. The van der Waals surface area contributed by atoms with E-state index in [2.05, 4.69) is 50.0 Å². The van der Waals surface area contributed by atoms with Crippen LogP contribution in [-0.4, -0.2) is 24.6 Å². The van der Waals surface area contributed by atoms with E-state index in [4.69, 9.17) is 4.74 Å². The highest BCUT2D eigenvalue weighted by Gasteiger charge is 2.29. The van der Waals surface area contributed by atoms with E-state index in [1.165, 1.54) is 5.57 Å². The fraction of sp³-hybridized carbons (Fsp3) is 0.636. The second-order valence-corrected chi connectivity index (χ2v) is 4.33. The molecular formula is C11H19NOS. The van der Waals surface area contributed by atoms with Gasteiger partial charge < -0.3 is 4.74 Å². The third kappa shape index (κ3) is 2.62. The van der Waals surface area contributed by atoms with Crippen LogP contribution in [0.15, 0.2) is 23.8 Å². The van der Waals surface area contributed by atoms with Gasteiger partial charge in [-0.25, -0.2) is 0 Å². The van der Waals surface area contributed by atoms with Crippen molar-refractivity contribution in [3.8, 4) is 0 Å². The summed E-state index contributed by atoms with van der Waals surface area (Å²) in [4.78, 5) is 0. The highest BCUT2D eigenvalue weighted by Crippen LogP contribution is 2.26. The Bertz CT molecular complexity index is 250. The van der Waals surface area contributed by atoms with Crippen LogP contribution >= 0.6 is 12.6 Å². The minimum Gasteiger partial charge on any atom is -0.370 e. The maximum atomic E-state index is 5.03. The maximum Gasteiger partial charge on any atom is 0.0968 e. The Morgan fingerprint density at radius 1 is 1.64 bits per heavy atom. The number of nitrogens with one attached hydrogen (secondary N) is 1. The first kappa shape index (κ1) is 11.8. The standard InChI is InChI=1S/C11H19NOS/c1-4-9-5-6-10(14)11(2,7-9)12-8-13-3/h5-7,10,12,14H,4,8H2,1-3H3. The molecule has 0 fully saturated rings. The van der Waals surface area contributed by atoms with Gasteiger partial charge in [0.25, 0.3) is 0 Å². The summed E-state index contributed by atoms with van der Waals surface area (Å²) in [5.74, 6) is 0. The molecule has 2 unspecified atom stereocenters. The largest absolute Gasteiger partial charge is 0.370 e. The molecule has 0 spiro atoms. The number of hydrogen-bond acceptors (Lipinski definition) is 3. The minimum absolute atomic E-state index is 0.0980. The van der Waals surface area contributed by atoms with Crippen molar-refractivity contribution >= 4 is 12.6 Å². The second-order valence-electron chi connectivity index (χ2n) is 3.77. The van der Waals surface area contributed by atoms with E-state index in [9.17, 15) is 0 Å². The molecule has 2 atom stereocenters. The molecule has 1 N–H and O–H groups in total. The van der Waals surface area contributed by atoms with Gasteiger partial charge in [-0.2, -0.15) is 12.6 Å². The summed E-state index contributed by atoms with van der Waals surface area (Å²) in [5.41, 5.74) is 1.25. The van der Waals surface area contributed by atoms with Crippen LogP contribution in [0.25, 0.3) is 0 Å². The van der Waals surface area contributed by atoms with Gasteiger partial charge in [-0.15, -0.1) is 0 Å². The lowest BCUT2D eigenvalue weighted by molar-refractivity contribution is 0.153. The Labute approximate surface area is 91.8 Å². The van der Waals surface area contributed by atoms with Crippen LogP contribution in [0.5, 0.6) is 0 Å². The molecular weight excluding hydrogens is 194 g/mol. The fourth-order valence-electron chi connectivity index (χ4n) is 1.54. The Morgan fingerprint density at radius 3 is 2.93 bits per heavy atom. The molecule has 0 aromatic carbocycles. The molecule has 1 aliphatic rings. The van der Waals surface area contributed by atoms with Crippen molar-refractivity contribution in [2.24, 2.45) is 0 Å². The highest BCUT2D eigenvalue weighted by atomic mass is 32.1. The molecule has 2 nitrogen and oxygen atoms in total. The van der Waals surface area contributed by atoms with Crippen LogP contribution in [0.2, 0.25) is 0 Å². The van der Waals surface area contributed by atoms with Crippen molar-refractivity contribution in [1.29, 1.82) is 0 Å². The molecule has 0 bridgehead atoms. The van der Waals surface area contributed by atoms with Gasteiger partial charge in [0, 0.05) is 12.4 Å². The molecule has 80 valence electrons. The molecule has 0 heterocycles. The average molecular weight is 213 g/mol. The van der Waals surface area contributed by atoms with E-state index in [1.807, 2.05) is 0 Å². The lowest BCUT2D eigenvalue weighted by atomic mass is 9.88. The van der Waals surface area contributed by atoms with Crippen LogP contribution in [0.3, 0.4) is 0 Å².